The highest BCUT2D eigenvalue weighted by Gasteiger charge is 2.24. The van der Waals surface area contributed by atoms with E-state index < -0.39 is 0 Å². The monoisotopic (exact) mass is 282 g/mol. The van der Waals surface area contributed by atoms with Crippen LogP contribution in [0.4, 0.5) is 0 Å². The summed E-state index contributed by atoms with van der Waals surface area (Å²) in [5, 5.41) is 3.31. The highest BCUT2D eigenvalue weighted by molar-refractivity contribution is 5.85. The van der Waals surface area contributed by atoms with Gasteiger partial charge in [-0.2, -0.15) is 0 Å². The lowest BCUT2D eigenvalue weighted by molar-refractivity contribution is -0.134. The van der Waals surface area contributed by atoms with Crippen LogP contribution in [-0.4, -0.2) is 36.5 Å². The minimum absolute atomic E-state index is 0. The Hall–Kier alpha value is -1.06. The predicted molar refractivity (Wildman–Crippen MR) is 80.8 cm³/mol. The second kappa shape index (κ2) is 7.51. The molecule has 2 atom stereocenters. The second-order valence-electron chi connectivity index (χ2n) is 5.16. The lowest BCUT2D eigenvalue weighted by Crippen LogP contribution is -2.52. The average Bonchev–Trinajstić information content (AvgIpc) is 2.40. The first kappa shape index (κ1) is 16.0. The van der Waals surface area contributed by atoms with Crippen molar-refractivity contribution >= 4 is 18.3 Å². The number of carbonyl (C=O) groups excluding carboxylic acids is 1. The van der Waals surface area contributed by atoms with Gasteiger partial charge in [-0.3, -0.25) is 4.79 Å². The fourth-order valence-electron chi connectivity index (χ4n) is 2.49. The summed E-state index contributed by atoms with van der Waals surface area (Å²) < 4.78 is 0. The average molecular weight is 283 g/mol. The molecule has 1 aliphatic heterocycles. The van der Waals surface area contributed by atoms with E-state index in [-0.39, 0.29) is 18.3 Å². The van der Waals surface area contributed by atoms with Gasteiger partial charge in [0.25, 0.3) is 0 Å². The maximum Gasteiger partial charge on any atom is 0.223 e. The van der Waals surface area contributed by atoms with E-state index in [9.17, 15) is 4.79 Å². The number of amides is 1. The van der Waals surface area contributed by atoms with Gasteiger partial charge < -0.3 is 10.2 Å². The number of nitrogens with one attached hydrogen (secondary N) is 1. The molecule has 106 valence electrons. The third-order valence-electron chi connectivity index (χ3n) is 3.67. The van der Waals surface area contributed by atoms with Crippen LogP contribution in [0.15, 0.2) is 30.3 Å². The zero-order valence-electron chi connectivity index (χ0n) is 11.6. The van der Waals surface area contributed by atoms with E-state index in [1.807, 2.05) is 23.1 Å². The van der Waals surface area contributed by atoms with Gasteiger partial charge in [-0.25, -0.2) is 0 Å². The Morgan fingerprint density at radius 1 is 1.42 bits per heavy atom. The number of rotatable bonds is 3. The Bertz CT molecular complexity index is 396. The molecular formula is C15H23ClN2O. The first-order valence-corrected chi connectivity index (χ1v) is 6.73. The third-order valence-corrected chi connectivity index (χ3v) is 3.67. The number of halogens is 1. The predicted octanol–water partition coefficient (Wildman–Crippen LogP) is 2.42. The summed E-state index contributed by atoms with van der Waals surface area (Å²) in [4.78, 5) is 14.3. The van der Waals surface area contributed by atoms with Crippen molar-refractivity contribution in [2.45, 2.75) is 32.2 Å². The largest absolute Gasteiger partial charge is 0.337 e. The molecule has 19 heavy (non-hydrogen) atoms. The van der Waals surface area contributed by atoms with E-state index in [0.29, 0.717) is 18.4 Å². The van der Waals surface area contributed by atoms with Gasteiger partial charge in [0.1, 0.15) is 0 Å². The Morgan fingerprint density at radius 3 is 2.74 bits per heavy atom. The zero-order valence-corrected chi connectivity index (χ0v) is 12.5. The number of piperazine rings is 1. The van der Waals surface area contributed by atoms with Crippen LogP contribution in [0.25, 0.3) is 0 Å². The number of hydrogen-bond donors (Lipinski definition) is 1. The van der Waals surface area contributed by atoms with Crippen molar-refractivity contribution in [2.24, 2.45) is 0 Å². The maximum absolute atomic E-state index is 12.3. The van der Waals surface area contributed by atoms with Gasteiger partial charge >= 0.3 is 0 Å². The Balaban J connectivity index is 0.00000180. The number of benzene rings is 1. The summed E-state index contributed by atoms with van der Waals surface area (Å²) in [6, 6.07) is 10.6. The summed E-state index contributed by atoms with van der Waals surface area (Å²) >= 11 is 0. The van der Waals surface area contributed by atoms with Gasteiger partial charge in [-0.05, 0) is 18.4 Å². The summed E-state index contributed by atoms with van der Waals surface area (Å²) in [6.07, 6.45) is 0.606. The third kappa shape index (κ3) is 4.22. The van der Waals surface area contributed by atoms with Crippen LogP contribution in [-0.2, 0) is 4.79 Å². The summed E-state index contributed by atoms with van der Waals surface area (Å²) in [7, 11) is 0. The molecule has 4 heteroatoms. The molecule has 0 aliphatic carbocycles. The van der Waals surface area contributed by atoms with Crippen LogP contribution in [0, 0.1) is 0 Å². The van der Waals surface area contributed by atoms with Crippen LogP contribution in [0.3, 0.4) is 0 Å². The van der Waals surface area contributed by atoms with Crippen LogP contribution in [0.2, 0.25) is 0 Å². The van der Waals surface area contributed by atoms with Crippen LogP contribution < -0.4 is 5.32 Å². The fraction of sp³-hybridized carbons (Fsp3) is 0.533. The molecule has 0 saturated carbocycles. The molecule has 1 N–H and O–H groups in total. The SMILES string of the molecule is CC(CC(=O)N1CCNC[C@@H]1C)c1ccccc1.Cl. The van der Waals surface area contributed by atoms with Crippen molar-refractivity contribution in [1.82, 2.24) is 10.2 Å². The van der Waals surface area contributed by atoms with Gasteiger partial charge in [0.2, 0.25) is 5.91 Å². The molecule has 3 nitrogen and oxygen atoms in total. The van der Waals surface area contributed by atoms with Crippen molar-refractivity contribution in [3.05, 3.63) is 35.9 Å². The summed E-state index contributed by atoms with van der Waals surface area (Å²) in [5.74, 6) is 0.570. The first-order chi connectivity index (χ1) is 8.68. The Morgan fingerprint density at radius 2 is 2.11 bits per heavy atom. The normalized spacial score (nSPS) is 20.5. The zero-order chi connectivity index (χ0) is 13.0. The Kier molecular flexibility index (Phi) is 6.32. The first-order valence-electron chi connectivity index (χ1n) is 6.73. The molecule has 2 rings (SSSR count). The molecule has 0 bridgehead atoms. The lowest BCUT2D eigenvalue weighted by Gasteiger charge is -2.34. The molecule has 1 amide bonds. The minimum atomic E-state index is 0. The highest BCUT2D eigenvalue weighted by Crippen LogP contribution is 2.20. The molecule has 1 heterocycles. The van der Waals surface area contributed by atoms with Crippen molar-refractivity contribution in [3.8, 4) is 0 Å². The van der Waals surface area contributed by atoms with E-state index >= 15 is 0 Å². The maximum atomic E-state index is 12.3. The topological polar surface area (TPSA) is 32.3 Å². The molecular weight excluding hydrogens is 260 g/mol. The second-order valence-corrected chi connectivity index (χ2v) is 5.16. The molecule has 1 aromatic rings. The van der Waals surface area contributed by atoms with Crippen molar-refractivity contribution in [3.63, 3.8) is 0 Å². The van der Waals surface area contributed by atoms with Gasteiger partial charge in [0.15, 0.2) is 0 Å². The molecule has 1 fully saturated rings. The van der Waals surface area contributed by atoms with Gasteiger partial charge in [0.05, 0.1) is 0 Å². The van der Waals surface area contributed by atoms with Crippen molar-refractivity contribution in [2.75, 3.05) is 19.6 Å². The van der Waals surface area contributed by atoms with Gasteiger partial charge in [-0.15, -0.1) is 12.4 Å². The van der Waals surface area contributed by atoms with Gasteiger partial charge in [-0.1, -0.05) is 37.3 Å². The minimum Gasteiger partial charge on any atom is -0.337 e. The van der Waals surface area contributed by atoms with E-state index in [1.54, 1.807) is 0 Å². The van der Waals surface area contributed by atoms with Crippen LogP contribution >= 0.6 is 12.4 Å². The molecule has 1 aliphatic rings. The van der Waals surface area contributed by atoms with Crippen molar-refractivity contribution < 1.29 is 4.79 Å². The van der Waals surface area contributed by atoms with Crippen LogP contribution in [0.5, 0.6) is 0 Å². The fourth-order valence-corrected chi connectivity index (χ4v) is 2.49. The smallest absolute Gasteiger partial charge is 0.223 e. The van der Waals surface area contributed by atoms with E-state index in [0.717, 1.165) is 19.6 Å². The number of carbonyl (C=O) groups is 1. The lowest BCUT2D eigenvalue weighted by atomic mass is 9.97. The van der Waals surface area contributed by atoms with Crippen LogP contribution in [0.1, 0.15) is 31.7 Å². The highest BCUT2D eigenvalue weighted by atomic mass is 35.5. The summed E-state index contributed by atoms with van der Waals surface area (Å²) in [6.45, 7) is 6.89. The number of hydrogen-bond acceptors (Lipinski definition) is 2. The van der Waals surface area contributed by atoms with Crippen molar-refractivity contribution in [1.29, 1.82) is 0 Å². The standard InChI is InChI=1S/C15H22N2O.ClH/c1-12(14-6-4-3-5-7-14)10-15(18)17-9-8-16-11-13(17)2;/h3-7,12-13,16H,8-11H2,1-2H3;1H/t12?,13-;/m0./s1. The summed E-state index contributed by atoms with van der Waals surface area (Å²) in [5.41, 5.74) is 1.24. The molecule has 0 aromatic heterocycles. The molecule has 1 aromatic carbocycles. The quantitative estimate of drug-likeness (QED) is 0.923. The van der Waals surface area contributed by atoms with E-state index in [1.165, 1.54) is 5.56 Å². The van der Waals surface area contributed by atoms with E-state index in [2.05, 4.69) is 31.3 Å². The molecule has 0 radical (unpaired) electrons. The Labute approximate surface area is 121 Å². The van der Waals surface area contributed by atoms with E-state index in [4.69, 9.17) is 0 Å². The molecule has 1 saturated heterocycles. The number of nitrogens with zero attached hydrogens (tertiary/aromatic N) is 1. The van der Waals surface area contributed by atoms with Gasteiger partial charge in [0, 0.05) is 32.1 Å². The molecule has 0 spiro atoms. The molecule has 1 unspecified atom stereocenters.